The predicted octanol–water partition coefficient (Wildman–Crippen LogP) is 2.79. The summed E-state index contributed by atoms with van der Waals surface area (Å²) in [5.74, 6) is 0. The Labute approximate surface area is 105 Å². The molecule has 90 valence electrons. The second-order valence-electron chi connectivity index (χ2n) is 3.67. The Kier molecular flexibility index (Phi) is 3.61. The van der Waals surface area contributed by atoms with Gasteiger partial charge in [0.05, 0.1) is 10.9 Å². The van der Waals surface area contributed by atoms with Crippen molar-refractivity contribution in [2.45, 2.75) is 17.9 Å². The molecule has 1 atom stereocenters. The van der Waals surface area contributed by atoms with E-state index in [1.165, 1.54) is 11.3 Å². The lowest BCUT2D eigenvalue weighted by Gasteiger charge is -2.12. The Hall–Kier alpha value is -1.17. The largest absolute Gasteiger partial charge is 0.241 e. The molecule has 1 N–H and O–H groups in total. The third kappa shape index (κ3) is 2.94. The van der Waals surface area contributed by atoms with E-state index in [0.29, 0.717) is 4.90 Å². The molecule has 0 aliphatic rings. The van der Waals surface area contributed by atoms with Crippen LogP contribution >= 0.6 is 11.3 Å². The van der Waals surface area contributed by atoms with Gasteiger partial charge in [0, 0.05) is 4.88 Å². The van der Waals surface area contributed by atoms with Crippen molar-refractivity contribution in [2.75, 3.05) is 0 Å². The molecular weight excluding hydrogens is 254 g/mol. The van der Waals surface area contributed by atoms with Crippen molar-refractivity contribution >= 4 is 21.4 Å². The molecule has 0 fully saturated rings. The first kappa shape index (κ1) is 12.3. The quantitative estimate of drug-likeness (QED) is 0.926. The molecule has 0 aliphatic carbocycles. The van der Waals surface area contributed by atoms with Gasteiger partial charge in [-0.25, -0.2) is 13.1 Å². The number of hydrogen-bond donors (Lipinski definition) is 1. The van der Waals surface area contributed by atoms with Gasteiger partial charge in [-0.2, -0.15) is 0 Å². The molecule has 0 bridgehead atoms. The SMILES string of the molecule is C[C@@H](NS(=O)(=O)c1ccccc1)c1cccs1. The zero-order chi connectivity index (χ0) is 12.3. The van der Waals surface area contributed by atoms with E-state index in [9.17, 15) is 8.42 Å². The molecule has 1 aromatic heterocycles. The normalized spacial score (nSPS) is 13.5. The molecule has 0 saturated carbocycles. The number of hydrogen-bond acceptors (Lipinski definition) is 3. The van der Waals surface area contributed by atoms with Crippen molar-refractivity contribution in [2.24, 2.45) is 0 Å². The molecule has 0 radical (unpaired) electrons. The predicted molar refractivity (Wildman–Crippen MR) is 69.5 cm³/mol. The Morgan fingerprint density at radius 1 is 1.12 bits per heavy atom. The minimum Gasteiger partial charge on any atom is -0.207 e. The van der Waals surface area contributed by atoms with Crippen LogP contribution in [-0.4, -0.2) is 8.42 Å². The van der Waals surface area contributed by atoms with Gasteiger partial charge in [-0.05, 0) is 30.5 Å². The van der Waals surface area contributed by atoms with E-state index in [-0.39, 0.29) is 6.04 Å². The van der Waals surface area contributed by atoms with Crippen LogP contribution in [0, 0.1) is 0 Å². The lowest BCUT2D eigenvalue weighted by atomic mass is 10.3. The fourth-order valence-corrected chi connectivity index (χ4v) is 3.55. The Morgan fingerprint density at radius 2 is 1.82 bits per heavy atom. The van der Waals surface area contributed by atoms with Gasteiger partial charge in [0.25, 0.3) is 0 Å². The molecule has 2 aromatic rings. The number of rotatable bonds is 4. The van der Waals surface area contributed by atoms with Crippen LogP contribution in [0.25, 0.3) is 0 Å². The second kappa shape index (κ2) is 5.00. The minimum absolute atomic E-state index is 0.208. The van der Waals surface area contributed by atoms with Crippen LogP contribution in [0.3, 0.4) is 0 Å². The highest BCUT2D eigenvalue weighted by Crippen LogP contribution is 2.20. The van der Waals surface area contributed by atoms with E-state index < -0.39 is 10.0 Å². The molecule has 1 heterocycles. The molecule has 0 unspecified atom stereocenters. The van der Waals surface area contributed by atoms with Crippen molar-refractivity contribution in [1.29, 1.82) is 0 Å². The summed E-state index contributed by atoms with van der Waals surface area (Å²) < 4.78 is 26.7. The molecule has 3 nitrogen and oxygen atoms in total. The lowest BCUT2D eigenvalue weighted by Crippen LogP contribution is -2.26. The topological polar surface area (TPSA) is 46.2 Å². The first-order valence-electron chi connectivity index (χ1n) is 5.20. The van der Waals surface area contributed by atoms with E-state index in [2.05, 4.69) is 4.72 Å². The van der Waals surface area contributed by atoms with Crippen LogP contribution < -0.4 is 4.72 Å². The lowest BCUT2D eigenvalue weighted by molar-refractivity contribution is 0.568. The molecule has 0 amide bonds. The maximum absolute atomic E-state index is 12.0. The summed E-state index contributed by atoms with van der Waals surface area (Å²) in [5, 5.41) is 1.93. The summed E-state index contributed by atoms with van der Waals surface area (Å²) >= 11 is 1.54. The van der Waals surface area contributed by atoms with Crippen LogP contribution in [-0.2, 0) is 10.0 Å². The first-order chi connectivity index (χ1) is 8.09. The third-order valence-corrected chi connectivity index (χ3v) is 4.97. The number of benzene rings is 1. The highest BCUT2D eigenvalue weighted by atomic mass is 32.2. The Balaban J connectivity index is 2.19. The molecule has 17 heavy (non-hydrogen) atoms. The minimum atomic E-state index is -3.43. The van der Waals surface area contributed by atoms with Gasteiger partial charge < -0.3 is 0 Å². The molecule has 0 saturated heterocycles. The van der Waals surface area contributed by atoms with Gasteiger partial charge in [0.15, 0.2) is 0 Å². The highest BCUT2D eigenvalue weighted by Gasteiger charge is 2.18. The van der Waals surface area contributed by atoms with Gasteiger partial charge in [0.1, 0.15) is 0 Å². The summed E-state index contributed by atoms with van der Waals surface area (Å²) in [5.41, 5.74) is 0. The van der Waals surface area contributed by atoms with Gasteiger partial charge in [0.2, 0.25) is 10.0 Å². The number of nitrogens with one attached hydrogen (secondary N) is 1. The van der Waals surface area contributed by atoms with Gasteiger partial charge in [-0.1, -0.05) is 24.3 Å². The van der Waals surface area contributed by atoms with Gasteiger partial charge in [-0.3, -0.25) is 0 Å². The van der Waals surface area contributed by atoms with Gasteiger partial charge >= 0.3 is 0 Å². The number of thiophene rings is 1. The summed E-state index contributed by atoms with van der Waals surface area (Å²) in [6, 6.07) is 12.0. The molecular formula is C12H13NO2S2. The van der Waals surface area contributed by atoms with Crippen LogP contribution in [0.15, 0.2) is 52.7 Å². The first-order valence-corrected chi connectivity index (χ1v) is 7.56. The Morgan fingerprint density at radius 3 is 2.41 bits per heavy atom. The van der Waals surface area contributed by atoms with Crippen LogP contribution in [0.1, 0.15) is 17.8 Å². The highest BCUT2D eigenvalue weighted by molar-refractivity contribution is 7.89. The fourth-order valence-electron chi connectivity index (χ4n) is 1.50. The van der Waals surface area contributed by atoms with Crippen LogP contribution in [0.4, 0.5) is 0 Å². The Bertz CT molecular complexity index is 562. The van der Waals surface area contributed by atoms with Crippen molar-refractivity contribution in [1.82, 2.24) is 4.72 Å². The molecule has 1 aromatic carbocycles. The zero-order valence-electron chi connectivity index (χ0n) is 9.33. The van der Waals surface area contributed by atoms with Crippen molar-refractivity contribution in [3.63, 3.8) is 0 Å². The molecule has 2 rings (SSSR count). The molecule has 0 aliphatic heterocycles. The summed E-state index contributed by atoms with van der Waals surface area (Å²) in [6.45, 7) is 1.84. The maximum Gasteiger partial charge on any atom is 0.241 e. The van der Waals surface area contributed by atoms with E-state index in [1.54, 1.807) is 30.3 Å². The zero-order valence-corrected chi connectivity index (χ0v) is 11.0. The second-order valence-corrected chi connectivity index (χ2v) is 6.36. The van der Waals surface area contributed by atoms with Crippen LogP contribution in [0.2, 0.25) is 0 Å². The average molecular weight is 267 g/mol. The average Bonchev–Trinajstić information content (AvgIpc) is 2.83. The molecule has 5 heteroatoms. The maximum atomic E-state index is 12.0. The summed E-state index contributed by atoms with van der Waals surface area (Å²) in [6.07, 6.45) is 0. The van der Waals surface area contributed by atoms with Crippen molar-refractivity contribution in [3.8, 4) is 0 Å². The van der Waals surface area contributed by atoms with Crippen molar-refractivity contribution < 1.29 is 8.42 Å². The van der Waals surface area contributed by atoms with Gasteiger partial charge in [-0.15, -0.1) is 11.3 Å². The van der Waals surface area contributed by atoms with E-state index in [1.807, 2.05) is 24.4 Å². The summed E-state index contributed by atoms with van der Waals surface area (Å²) in [4.78, 5) is 1.30. The monoisotopic (exact) mass is 267 g/mol. The number of sulfonamides is 1. The smallest absolute Gasteiger partial charge is 0.207 e. The fraction of sp³-hybridized carbons (Fsp3) is 0.167. The standard InChI is InChI=1S/C12H13NO2S2/c1-10(12-8-5-9-16-12)13-17(14,15)11-6-3-2-4-7-11/h2-10,13H,1H3/t10-/m1/s1. The molecule has 0 spiro atoms. The van der Waals surface area contributed by atoms with Crippen LogP contribution in [0.5, 0.6) is 0 Å². The van der Waals surface area contributed by atoms with E-state index in [4.69, 9.17) is 0 Å². The van der Waals surface area contributed by atoms with Crippen molar-refractivity contribution in [3.05, 3.63) is 52.7 Å². The van der Waals surface area contributed by atoms with E-state index in [0.717, 1.165) is 4.88 Å². The summed E-state index contributed by atoms with van der Waals surface area (Å²) in [7, 11) is -3.43. The van der Waals surface area contributed by atoms with E-state index >= 15 is 0 Å². The third-order valence-electron chi connectivity index (χ3n) is 2.36.